The van der Waals surface area contributed by atoms with Crippen LogP contribution in [0.1, 0.15) is 25.3 Å². The Morgan fingerprint density at radius 1 is 1.24 bits per heavy atom. The molecular formula is C14H21ClFN. The van der Waals surface area contributed by atoms with Gasteiger partial charge in [-0.1, -0.05) is 19.1 Å². The van der Waals surface area contributed by atoms with Crippen LogP contribution in [0, 0.1) is 11.7 Å². The molecule has 0 saturated carbocycles. The van der Waals surface area contributed by atoms with Gasteiger partial charge in [-0.2, -0.15) is 0 Å². The number of halogens is 2. The predicted octanol–water partition coefficient (Wildman–Crippen LogP) is 3.91. The molecule has 0 aliphatic carbocycles. The van der Waals surface area contributed by atoms with E-state index in [1.165, 1.54) is 12.1 Å². The highest BCUT2D eigenvalue weighted by Crippen LogP contribution is 2.11. The van der Waals surface area contributed by atoms with Gasteiger partial charge in [-0.3, -0.25) is 0 Å². The molecule has 0 saturated heterocycles. The van der Waals surface area contributed by atoms with Crippen molar-refractivity contribution in [1.82, 2.24) is 4.90 Å². The summed E-state index contributed by atoms with van der Waals surface area (Å²) in [4.78, 5) is 2.26. The summed E-state index contributed by atoms with van der Waals surface area (Å²) < 4.78 is 12.7. The van der Waals surface area contributed by atoms with Gasteiger partial charge >= 0.3 is 0 Å². The Kier molecular flexibility index (Phi) is 6.53. The van der Waals surface area contributed by atoms with Crippen LogP contribution in [0.5, 0.6) is 0 Å². The Hall–Kier alpha value is -0.600. The van der Waals surface area contributed by atoms with E-state index in [-0.39, 0.29) is 5.82 Å². The van der Waals surface area contributed by atoms with Crippen LogP contribution in [-0.4, -0.2) is 24.4 Å². The Morgan fingerprint density at radius 2 is 1.88 bits per heavy atom. The zero-order valence-corrected chi connectivity index (χ0v) is 11.4. The SMILES string of the molecule is CC(CCCl)CCN(C)Cc1ccc(F)cc1. The standard InChI is InChI=1S/C14H21ClFN/c1-12(7-9-15)8-10-17(2)11-13-3-5-14(16)6-4-13/h3-6,12H,7-11H2,1-2H3. The summed E-state index contributed by atoms with van der Waals surface area (Å²) in [6.45, 7) is 4.15. The van der Waals surface area contributed by atoms with Crippen molar-refractivity contribution < 1.29 is 4.39 Å². The molecule has 96 valence electrons. The number of rotatable bonds is 7. The predicted molar refractivity (Wildman–Crippen MR) is 71.9 cm³/mol. The van der Waals surface area contributed by atoms with E-state index < -0.39 is 0 Å². The molecule has 0 aliphatic rings. The highest BCUT2D eigenvalue weighted by Gasteiger charge is 2.05. The van der Waals surface area contributed by atoms with Gasteiger partial charge in [0.1, 0.15) is 5.82 Å². The molecule has 1 atom stereocenters. The highest BCUT2D eigenvalue weighted by atomic mass is 35.5. The lowest BCUT2D eigenvalue weighted by molar-refractivity contribution is 0.296. The smallest absolute Gasteiger partial charge is 0.123 e. The molecule has 1 aromatic rings. The summed E-state index contributed by atoms with van der Waals surface area (Å²) >= 11 is 5.71. The summed E-state index contributed by atoms with van der Waals surface area (Å²) in [5.74, 6) is 1.23. The summed E-state index contributed by atoms with van der Waals surface area (Å²) in [5, 5.41) is 0. The lowest BCUT2D eigenvalue weighted by atomic mass is 10.0. The van der Waals surface area contributed by atoms with Gasteiger partial charge in [-0.05, 0) is 50.0 Å². The summed E-state index contributed by atoms with van der Waals surface area (Å²) in [7, 11) is 2.09. The fraction of sp³-hybridized carbons (Fsp3) is 0.571. The van der Waals surface area contributed by atoms with E-state index >= 15 is 0 Å². The second-order valence-electron chi connectivity index (χ2n) is 4.74. The van der Waals surface area contributed by atoms with Crippen molar-refractivity contribution in [3.05, 3.63) is 35.6 Å². The molecule has 3 heteroatoms. The fourth-order valence-electron chi connectivity index (χ4n) is 1.75. The minimum atomic E-state index is -0.174. The van der Waals surface area contributed by atoms with Gasteiger partial charge in [0.15, 0.2) is 0 Å². The summed E-state index contributed by atoms with van der Waals surface area (Å²) in [6, 6.07) is 6.71. The Morgan fingerprint density at radius 3 is 2.47 bits per heavy atom. The minimum absolute atomic E-state index is 0.174. The van der Waals surface area contributed by atoms with Gasteiger partial charge in [0.2, 0.25) is 0 Å². The van der Waals surface area contributed by atoms with Crippen LogP contribution in [0.4, 0.5) is 4.39 Å². The van der Waals surface area contributed by atoms with Crippen LogP contribution in [0.3, 0.4) is 0 Å². The normalized spacial score (nSPS) is 13.0. The van der Waals surface area contributed by atoms with Gasteiger partial charge in [-0.15, -0.1) is 11.6 Å². The van der Waals surface area contributed by atoms with Crippen LogP contribution in [0.25, 0.3) is 0 Å². The molecule has 1 unspecified atom stereocenters. The number of nitrogens with zero attached hydrogens (tertiary/aromatic N) is 1. The molecule has 0 aliphatic heterocycles. The maximum Gasteiger partial charge on any atom is 0.123 e. The first kappa shape index (κ1) is 14.5. The minimum Gasteiger partial charge on any atom is -0.302 e. The van der Waals surface area contributed by atoms with Crippen molar-refractivity contribution in [3.63, 3.8) is 0 Å². The first-order chi connectivity index (χ1) is 8.11. The van der Waals surface area contributed by atoms with Crippen molar-refractivity contribution in [1.29, 1.82) is 0 Å². The molecular weight excluding hydrogens is 237 g/mol. The van der Waals surface area contributed by atoms with Gasteiger partial charge in [-0.25, -0.2) is 4.39 Å². The maximum absolute atomic E-state index is 12.7. The largest absolute Gasteiger partial charge is 0.302 e. The zero-order valence-electron chi connectivity index (χ0n) is 10.6. The molecule has 0 spiro atoms. The zero-order chi connectivity index (χ0) is 12.7. The van der Waals surface area contributed by atoms with Crippen LogP contribution in [-0.2, 0) is 6.54 Å². The van der Waals surface area contributed by atoms with Crippen LogP contribution < -0.4 is 0 Å². The van der Waals surface area contributed by atoms with E-state index in [2.05, 4.69) is 18.9 Å². The van der Waals surface area contributed by atoms with E-state index in [0.717, 1.165) is 37.4 Å². The third-order valence-electron chi connectivity index (χ3n) is 2.97. The molecule has 17 heavy (non-hydrogen) atoms. The van der Waals surface area contributed by atoms with Crippen molar-refractivity contribution in [3.8, 4) is 0 Å². The van der Waals surface area contributed by atoms with E-state index in [0.29, 0.717) is 5.92 Å². The molecule has 0 N–H and O–H groups in total. The molecule has 0 fully saturated rings. The Balaban J connectivity index is 2.29. The van der Waals surface area contributed by atoms with Crippen molar-refractivity contribution in [2.75, 3.05) is 19.5 Å². The lowest BCUT2D eigenvalue weighted by Crippen LogP contribution is -2.20. The fourth-order valence-corrected chi connectivity index (χ4v) is 2.12. The lowest BCUT2D eigenvalue weighted by Gasteiger charge is -2.19. The summed E-state index contributed by atoms with van der Waals surface area (Å²) in [5.41, 5.74) is 1.15. The Labute approximate surface area is 109 Å². The number of hydrogen-bond acceptors (Lipinski definition) is 1. The average molecular weight is 258 g/mol. The maximum atomic E-state index is 12.7. The quantitative estimate of drug-likeness (QED) is 0.670. The molecule has 0 radical (unpaired) electrons. The molecule has 0 bridgehead atoms. The first-order valence-corrected chi connectivity index (χ1v) is 6.64. The van der Waals surface area contributed by atoms with Crippen molar-refractivity contribution >= 4 is 11.6 Å². The third kappa shape index (κ3) is 6.04. The monoisotopic (exact) mass is 257 g/mol. The van der Waals surface area contributed by atoms with E-state index in [9.17, 15) is 4.39 Å². The number of alkyl halides is 1. The van der Waals surface area contributed by atoms with Crippen LogP contribution >= 0.6 is 11.6 Å². The van der Waals surface area contributed by atoms with Gasteiger partial charge in [0.05, 0.1) is 0 Å². The topological polar surface area (TPSA) is 3.24 Å². The third-order valence-corrected chi connectivity index (χ3v) is 3.19. The highest BCUT2D eigenvalue weighted by molar-refractivity contribution is 6.17. The van der Waals surface area contributed by atoms with Gasteiger partial charge in [0, 0.05) is 12.4 Å². The van der Waals surface area contributed by atoms with Crippen LogP contribution in [0.2, 0.25) is 0 Å². The second kappa shape index (κ2) is 7.67. The van der Waals surface area contributed by atoms with E-state index in [4.69, 9.17) is 11.6 Å². The molecule has 1 aromatic carbocycles. The van der Waals surface area contributed by atoms with E-state index in [1.807, 2.05) is 12.1 Å². The molecule has 1 nitrogen and oxygen atoms in total. The van der Waals surface area contributed by atoms with Gasteiger partial charge < -0.3 is 4.90 Å². The molecule has 0 amide bonds. The number of hydrogen-bond donors (Lipinski definition) is 0. The molecule has 0 aromatic heterocycles. The average Bonchev–Trinajstić information content (AvgIpc) is 2.30. The van der Waals surface area contributed by atoms with Crippen molar-refractivity contribution in [2.24, 2.45) is 5.92 Å². The second-order valence-corrected chi connectivity index (χ2v) is 5.11. The molecule has 1 rings (SSSR count). The first-order valence-electron chi connectivity index (χ1n) is 6.10. The van der Waals surface area contributed by atoms with E-state index in [1.54, 1.807) is 0 Å². The van der Waals surface area contributed by atoms with Crippen LogP contribution in [0.15, 0.2) is 24.3 Å². The number of benzene rings is 1. The Bertz CT molecular complexity index is 313. The van der Waals surface area contributed by atoms with Crippen molar-refractivity contribution in [2.45, 2.75) is 26.3 Å². The summed E-state index contributed by atoms with van der Waals surface area (Å²) in [6.07, 6.45) is 2.23. The van der Waals surface area contributed by atoms with Gasteiger partial charge in [0.25, 0.3) is 0 Å². The molecule has 0 heterocycles.